The molecule has 2 aromatic carbocycles. The molecule has 3 aromatic rings. The Labute approximate surface area is 124 Å². The number of para-hydroxylation sites is 2. The molecule has 0 aliphatic heterocycles. The van der Waals surface area contributed by atoms with Crippen molar-refractivity contribution in [1.82, 2.24) is 9.97 Å². The highest BCUT2D eigenvalue weighted by Crippen LogP contribution is 2.20. The molecule has 1 heterocycles. The van der Waals surface area contributed by atoms with Gasteiger partial charge in [-0.3, -0.25) is 10.1 Å². The Kier molecular flexibility index (Phi) is 3.28. The number of fused-ring (bicyclic) bond motifs is 1. The lowest BCUT2D eigenvalue weighted by atomic mass is 10.1. The number of amides is 1. The number of carbonyl (C=O) groups is 1. The molecule has 5 heteroatoms. The van der Waals surface area contributed by atoms with E-state index in [1.54, 1.807) is 0 Å². The van der Waals surface area contributed by atoms with Gasteiger partial charge in [0.2, 0.25) is 5.95 Å². The van der Waals surface area contributed by atoms with Crippen molar-refractivity contribution in [3.8, 4) is 0 Å². The van der Waals surface area contributed by atoms with E-state index in [4.69, 9.17) is 0 Å². The Morgan fingerprint density at radius 2 is 2.05 bits per heavy atom. The fourth-order valence-corrected chi connectivity index (χ4v) is 2.43. The Balaban J connectivity index is 1.90. The molecule has 2 N–H and O–H groups in total. The van der Waals surface area contributed by atoms with E-state index in [9.17, 15) is 4.79 Å². The smallest absolute Gasteiger partial charge is 0.259 e. The Bertz CT molecular complexity index is 762. The van der Waals surface area contributed by atoms with E-state index in [2.05, 4.69) is 31.2 Å². The molecule has 0 fully saturated rings. The Morgan fingerprint density at radius 3 is 2.85 bits per heavy atom. The van der Waals surface area contributed by atoms with Crippen LogP contribution in [0.1, 0.15) is 15.9 Å². The SMILES string of the molecule is Cc1ccc(Br)c(C(=O)Nc2nc3ccccc3[nH]2)c1. The normalized spacial score (nSPS) is 10.7. The zero-order chi connectivity index (χ0) is 14.1. The first-order chi connectivity index (χ1) is 9.63. The maximum atomic E-state index is 12.3. The highest BCUT2D eigenvalue weighted by Gasteiger charge is 2.12. The first-order valence-corrected chi connectivity index (χ1v) is 6.95. The van der Waals surface area contributed by atoms with Gasteiger partial charge < -0.3 is 4.98 Å². The van der Waals surface area contributed by atoms with Crippen LogP contribution in [0.3, 0.4) is 0 Å². The van der Waals surface area contributed by atoms with Gasteiger partial charge in [-0.25, -0.2) is 4.98 Å². The number of hydrogen-bond acceptors (Lipinski definition) is 2. The van der Waals surface area contributed by atoms with Gasteiger partial charge >= 0.3 is 0 Å². The number of H-pyrrole nitrogens is 1. The van der Waals surface area contributed by atoms with Crippen LogP contribution < -0.4 is 5.32 Å². The van der Waals surface area contributed by atoms with Crippen LogP contribution in [-0.4, -0.2) is 15.9 Å². The van der Waals surface area contributed by atoms with Gasteiger partial charge in [0.05, 0.1) is 16.6 Å². The molecule has 3 rings (SSSR count). The van der Waals surface area contributed by atoms with Crippen LogP contribution in [0.2, 0.25) is 0 Å². The number of nitrogens with zero attached hydrogens (tertiary/aromatic N) is 1. The Morgan fingerprint density at radius 1 is 1.25 bits per heavy atom. The van der Waals surface area contributed by atoms with Gasteiger partial charge in [-0.15, -0.1) is 0 Å². The number of imidazole rings is 1. The van der Waals surface area contributed by atoms with Crippen LogP contribution in [-0.2, 0) is 0 Å². The molecule has 0 spiro atoms. The summed E-state index contributed by atoms with van der Waals surface area (Å²) in [4.78, 5) is 19.7. The minimum Gasteiger partial charge on any atom is -0.324 e. The quantitative estimate of drug-likeness (QED) is 0.749. The van der Waals surface area contributed by atoms with Crippen LogP contribution in [0, 0.1) is 6.92 Å². The predicted molar refractivity (Wildman–Crippen MR) is 82.9 cm³/mol. The van der Waals surface area contributed by atoms with Crippen molar-refractivity contribution in [2.45, 2.75) is 6.92 Å². The molecule has 1 aromatic heterocycles. The molecule has 0 radical (unpaired) electrons. The van der Waals surface area contributed by atoms with E-state index < -0.39 is 0 Å². The van der Waals surface area contributed by atoms with Gasteiger partial charge in [0, 0.05) is 4.47 Å². The summed E-state index contributed by atoms with van der Waals surface area (Å²) in [6.45, 7) is 1.95. The van der Waals surface area contributed by atoms with Gasteiger partial charge in [-0.1, -0.05) is 23.8 Å². The molecule has 0 unspecified atom stereocenters. The first kappa shape index (κ1) is 12.9. The summed E-state index contributed by atoms with van der Waals surface area (Å²) in [5.74, 6) is 0.254. The van der Waals surface area contributed by atoms with E-state index in [1.165, 1.54) is 0 Å². The molecule has 0 atom stereocenters. The lowest BCUT2D eigenvalue weighted by molar-refractivity contribution is 0.102. The third kappa shape index (κ3) is 2.44. The fraction of sp³-hybridized carbons (Fsp3) is 0.0667. The van der Waals surface area contributed by atoms with Crippen molar-refractivity contribution in [3.63, 3.8) is 0 Å². The summed E-state index contributed by atoms with van der Waals surface area (Å²) < 4.78 is 0.761. The summed E-state index contributed by atoms with van der Waals surface area (Å²) in [6.07, 6.45) is 0. The maximum Gasteiger partial charge on any atom is 0.259 e. The summed E-state index contributed by atoms with van der Waals surface area (Å²) in [6, 6.07) is 13.3. The van der Waals surface area contributed by atoms with Crippen LogP contribution in [0.25, 0.3) is 11.0 Å². The van der Waals surface area contributed by atoms with E-state index in [0.717, 1.165) is 21.1 Å². The zero-order valence-corrected chi connectivity index (χ0v) is 12.4. The monoisotopic (exact) mass is 329 g/mol. The molecule has 0 saturated heterocycles. The standard InChI is InChI=1S/C15H12BrN3O/c1-9-6-7-11(16)10(8-9)14(20)19-15-17-12-4-2-3-5-13(12)18-15/h2-8H,1H3,(H2,17,18,19,20). The minimum absolute atomic E-state index is 0.195. The van der Waals surface area contributed by atoms with E-state index in [-0.39, 0.29) is 5.91 Å². The van der Waals surface area contributed by atoms with Crippen molar-refractivity contribution in [1.29, 1.82) is 0 Å². The Hall–Kier alpha value is -2.14. The zero-order valence-electron chi connectivity index (χ0n) is 10.8. The topological polar surface area (TPSA) is 57.8 Å². The average molecular weight is 330 g/mol. The first-order valence-electron chi connectivity index (χ1n) is 6.16. The fourth-order valence-electron chi connectivity index (χ4n) is 2.00. The number of aryl methyl sites for hydroxylation is 1. The van der Waals surface area contributed by atoms with Crippen LogP contribution in [0.4, 0.5) is 5.95 Å². The number of rotatable bonds is 2. The maximum absolute atomic E-state index is 12.3. The number of aromatic nitrogens is 2. The molecule has 1 amide bonds. The number of halogens is 1. The van der Waals surface area contributed by atoms with Crippen LogP contribution >= 0.6 is 15.9 Å². The summed E-state index contributed by atoms with van der Waals surface area (Å²) in [5, 5.41) is 2.78. The lowest BCUT2D eigenvalue weighted by Gasteiger charge is -2.05. The van der Waals surface area contributed by atoms with Crippen molar-refractivity contribution in [2.24, 2.45) is 0 Å². The minimum atomic E-state index is -0.195. The molecule has 0 aliphatic rings. The second-order valence-corrected chi connectivity index (χ2v) is 5.39. The second kappa shape index (κ2) is 5.09. The second-order valence-electron chi connectivity index (χ2n) is 4.54. The highest BCUT2D eigenvalue weighted by molar-refractivity contribution is 9.10. The number of benzene rings is 2. The van der Waals surface area contributed by atoms with Crippen LogP contribution in [0.5, 0.6) is 0 Å². The highest BCUT2D eigenvalue weighted by atomic mass is 79.9. The van der Waals surface area contributed by atoms with Gasteiger partial charge in [0.15, 0.2) is 0 Å². The van der Waals surface area contributed by atoms with Crippen LogP contribution in [0.15, 0.2) is 46.9 Å². The third-order valence-electron chi connectivity index (χ3n) is 2.99. The molecular weight excluding hydrogens is 318 g/mol. The number of aromatic amines is 1. The van der Waals surface area contributed by atoms with Crippen molar-refractivity contribution >= 4 is 38.8 Å². The van der Waals surface area contributed by atoms with E-state index in [1.807, 2.05) is 49.4 Å². The molecule has 4 nitrogen and oxygen atoms in total. The average Bonchev–Trinajstić information content (AvgIpc) is 2.83. The summed E-state index contributed by atoms with van der Waals surface area (Å²) in [5.41, 5.74) is 3.34. The van der Waals surface area contributed by atoms with Gasteiger partial charge in [0.1, 0.15) is 0 Å². The van der Waals surface area contributed by atoms with Gasteiger partial charge in [-0.2, -0.15) is 0 Å². The van der Waals surface area contributed by atoms with E-state index in [0.29, 0.717) is 11.5 Å². The molecule has 100 valence electrons. The number of nitrogens with one attached hydrogen (secondary N) is 2. The molecule has 0 aliphatic carbocycles. The number of carbonyl (C=O) groups excluding carboxylic acids is 1. The summed E-state index contributed by atoms with van der Waals surface area (Å²) in [7, 11) is 0. The van der Waals surface area contributed by atoms with E-state index >= 15 is 0 Å². The molecule has 20 heavy (non-hydrogen) atoms. The van der Waals surface area contributed by atoms with Gasteiger partial charge in [0.25, 0.3) is 5.91 Å². The molecule has 0 saturated carbocycles. The molecule has 0 bridgehead atoms. The predicted octanol–water partition coefficient (Wildman–Crippen LogP) is 3.89. The molecular formula is C15H12BrN3O. The lowest BCUT2D eigenvalue weighted by Crippen LogP contribution is -2.13. The summed E-state index contributed by atoms with van der Waals surface area (Å²) >= 11 is 3.39. The number of hydrogen-bond donors (Lipinski definition) is 2. The number of anilines is 1. The third-order valence-corrected chi connectivity index (χ3v) is 3.68. The van der Waals surface area contributed by atoms with Crippen molar-refractivity contribution < 1.29 is 4.79 Å². The largest absolute Gasteiger partial charge is 0.324 e. The van der Waals surface area contributed by atoms with Crippen molar-refractivity contribution in [2.75, 3.05) is 5.32 Å². The van der Waals surface area contributed by atoms with Gasteiger partial charge in [-0.05, 0) is 47.1 Å². The van der Waals surface area contributed by atoms with Crippen molar-refractivity contribution in [3.05, 3.63) is 58.1 Å².